The highest BCUT2D eigenvalue weighted by molar-refractivity contribution is 5.38. The first-order valence-electron chi connectivity index (χ1n) is 8.97. The number of morpholine rings is 1. The van der Waals surface area contributed by atoms with E-state index < -0.39 is 0 Å². The number of aromatic nitrogens is 2. The van der Waals surface area contributed by atoms with Gasteiger partial charge in [0.1, 0.15) is 0 Å². The molecule has 0 amide bonds. The second-order valence-electron chi connectivity index (χ2n) is 6.79. The first-order chi connectivity index (χ1) is 11.7. The summed E-state index contributed by atoms with van der Waals surface area (Å²) in [7, 11) is 0. The van der Waals surface area contributed by atoms with E-state index in [1.54, 1.807) is 0 Å². The van der Waals surface area contributed by atoms with Gasteiger partial charge < -0.3 is 20.1 Å². The van der Waals surface area contributed by atoms with Crippen LogP contribution in [0.5, 0.6) is 0 Å². The molecule has 2 aliphatic heterocycles. The third-order valence-corrected chi connectivity index (χ3v) is 4.74. The molecule has 0 aliphatic carbocycles. The van der Waals surface area contributed by atoms with E-state index in [1.807, 2.05) is 19.1 Å². The second-order valence-corrected chi connectivity index (χ2v) is 6.79. The third-order valence-electron chi connectivity index (χ3n) is 4.74. The van der Waals surface area contributed by atoms with Crippen molar-refractivity contribution < 1.29 is 9.84 Å². The van der Waals surface area contributed by atoms with Gasteiger partial charge in [-0.1, -0.05) is 0 Å². The van der Waals surface area contributed by atoms with Crippen LogP contribution >= 0.6 is 0 Å². The van der Waals surface area contributed by atoms with Gasteiger partial charge in [-0.25, -0.2) is 0 Å². The zero-order valence-corrected chi connectivity index (χ0v) is 14.5. The highest BCUT2D eigenvalue weighted by Crippen LogP contribution is 2.17. The molecule has 3 heterocycles. The van der Waals surface area contributed by atoms with E-state index in [0.717, 1.165) is 70.3 Å². The number of ether oxygens (including phenoxy) is 1. The van der Waals surface area contributed by atoms with Crippen molar-refractivity contribution in [3.8, 4) is 0 Å². The Bertz CT molecular complexity index is 492. The number of piperidine rings is 1. The van der Waals surface area contributed by atoms with E-state index in [9.17, 15) is 5.11 Å². The first kappa shape index (κ1) is 17.5. The van der Waals surface area contributed by atoms with E-state index in [2.05, 4.69) is 25.3 Å². The van der Waals surface area contributed by atoms with Gasteiger partial charge in [0, 0.05) is 45.3 Å². The number of nitrogens with one attached hydrogen (secondary N) is 1. The normalized spacial score (nSPS) is 24.1. The molecular formula is C17H29N5O2. The van der Waals surface area contributed by atoms with E-state index >= 15 is 0 Å². The van der Waals surface area contributed by atoms with Crippen LogP contribution in [-0.2, 0) is 4.74 Å². The molecule has 134 valence electrons. The Balaban J connectivity index is 1.42. The molecule has 1 aromatic heterocycles. The fourth-order valence-electron chi connectivity index (χ4n) is 3.36. The second kappa shape index (κ2) is 8.71. The van der Waals surface area contributed by atoms with Gasteiger partial charge in [-0.3, -0.25) is 4.90 Å². The van der Waals surface area contributed by atoms with Crippen molar-refractivity contribution in [2.75, 3.05) is 57.4 Å². The van der Waals surface area contributed by atoms with Crippen LogP contribution in [0.1, 0.15) is 18.5 Å². The highest BCUT2D eigenvalue weighted by atomic mass is 16.5. The number of aryl methyl sites for hydroxylation is 1. The third kappa shape index (κ3) is 5.11. The van der Waals surface area contributed by atoms with Crippen molar-refractivity contribution in [1.29, 1.82) is 0 Å². The summed E-state index contributed by atoms with van der Waals surface area (Å²) in [6.07, 6.45) is 1.94. The van der Waals surface area contributed by atoms with Crippen LogP contribution in [0.3, 0.4) is 0 Å². The van der Waals surface area contributed by atoms with E-state index in [0.29, 0.717) is 12.6 Å². The molecule has 1 aromatic rings. The van der Waals surface area contributed by atoms with Crippen LogP contribution in [0.4, 0.5) is 5.82 Å². The number of anilines is 1. The maximum Gasteiger partial charge on any atom is 0.151 e. The zero-order valence-electron chi connectivity index (χ0n) is 14.5. The van der Waals surface area contributed by atoms with Gasteiger partial charge in [-0.2, -0.15) is 5.10 Å². The molecular weight excluding hydrogens is 306 g/mol. The number of nitrogens with zero attached hydrogens (tertiary/aromatic N) is 4. The van der Waals surface area contributed by atoms with Crippen LogP contribution < -0.4 is 10.2 Å². The van der Waals surface area contributed by atoms with Crippen LogP contribution in [0, 0.1) is 6.92 Å². The average molecular weight is 335 g/mol. The number of hydrogen-bond acceptors (Lipinski definition) is 7. The smallest absolute Gasteiger partial charge is 0.151 e. The minimum Gasteiger partial charge on any atom is -0.390 e. The molecule has 7 heteroatoms. The molecule has 3 rings (SSSR count). The van der Waals surface area contributed by atoms with Crippen LogP contribution in [-0.4, -0.2) is 84.8 Å². The number of aliphatic hydroxyl groups excluding tert-OH is 1. The van der Waals surface area contributed by atoms with Crippen molar-refractivity contribution in [3.05, 3.63) is 17.8 Å². The molecule has 2 aliphatic rings. The molecule has 0 unspecified atom stereocenters. The molecule has 0 aromatic carbocycles. The summed E-state index contributed by atoms with van der Waals surface area (Å²) in [6, 6.07) is 4.44. The lowest BCUT2D eigenvalue weighted by Gasteiger charge is -2.34. The minimum atomic E-state index is -0.336. The maximum atomic E-state index is 10.3. The molecule has 0 radical (unpaired) electrons. The Morgan fingerprint density at radius 1 is 1.29 bits per heavy atom. The van der Waals surface area contributed by atoms with Crippen molar-refractivity contribution in [2.24, 2.45) is 0 Å². The molecule has 0 spiro atoms. The average Bonchev–Trinajstić information content (AvgIpc) is 2.62. The van der Waals surface area contributed by atoms with Gasteiger partial charge in [-0.05, 0) is 31.9 Å². The summed E-state index contributed by atoms with van der Waals surface area (Å²) in [5, 5.41) is 22.2. The highest BCUT2D eigenvalue weighted by Gasteiger charge is 2.22. The predicted molar refractivity (Wildman–Crippen MR) is 93.3 cm³/mol. The molecule has 2 atom stereocenters. The minimum absolute atomic E-state index is 0.336. The fraction of sp³-hybridized carbons (Fsp3) is 0.765. The molecule has 2 fully saturated rings. The van der Waals surface area contributed by atoms with E-state index in [4.69, 9.17) is 4.74 Å². The molecule has 2 N–H and O–H groups in total. The predicted octanol–water partition coefficient (Wildman–Crippen LogP) is 0.0365. The van der Waals surface area contributed by atoms with Crippen LogP contribution in [0.2, 0.25) is 0 Å². The van der Waals surface area contributed by atoms with Crippen molar-refractivity contribution in [3.63, 3.8) is 0 Å². The largest absolute Gasteiger partial charge is 0.390 e. The Hall–Kier alpha value is -1.28. The SMILES string of the molecule is Cc1ccc(N2CCC[C@@H](NC[C@H](O)CN3CCOCC3)C2)nn1. The molecule has 0 saturated carbocycles. The number of rotatable bonds is 6. The Labute approximate surface area is 144 Å². The van der Waals surface area contributed by atoms with E-state index in [-0.39, 0.29) is 6.10 Å². The Kier molecular flexibility index (Phi) is 6.37. The topological polar surface area (TPSA) is 73.8 Å². The molecule has 7 nitrogen and oxygen atoms in total. The maximum absolute atomic E-state index is 10.3. The van der Waals surface area contributed by atoms with Crippen molar-refractivity contribution >= 4 is 5.82 Å². The lowest BCUT2D eigenvalue weighted by Crippen LogP contribution is -2.50. The number of β-amino-alcohol motifs (C(OH)–C–C–N with tert-alkyl or cyclic N) is 1. The molecule has 24 heavy (non-hydrogen) atoms. The Morgan fingerprint density at radius 3 is 2.88 bits per heavy atom. The Morgan fingerprint density at radius 2 is 2.12 bits per heavy atom. The van der Waals surface area contributed by atoms with Gasteiger partial charge in [0.05, 0.1) is 25.0 Å². The number of aliphatic hydroxyl groups is 1. The van der Waals surface area contributed by atoms with E-state index in [1.165, 1.54) is 0 Å². The van der Waals surface area contributed by atoms with Crippen LogP contribution in [0.25, 0.3) is 0 Å². The monoisotopic (exact) mass is 335 g/mol. The summed E-state index contributed by atoms with van der Waals surface area (Å²) >= 11 is 0. The molecule has 0 bridgehead atoms. The van der Waals surface area contributed by atoms with Gasteiger partial charge in [0.15, 0.2) is 5.82 Å². The fourth-order valence-corrected chi connectivity index (χ4v) is 3.36. The van der Waals surface area contributed by atoms with Crippen molar-refractivity contribution in [2.45, 2.75) is 31.9 Å². The number of hydrogen-bond donors (Lipinski definition) is 2. The summed E-state index contributed by atoms with van der Waals surface area (Å²) < 4.78 is 5.34. The zero-order chi connectivity index (χ0) is 16.8. The van der Waals surface area contributed by atoms with Crippen LogP contribution in [0.15, 0.2) is 12.1 Å². The van der Waals surface area contributed by atoms with Gasteiger partial charge in [0.2, 0.25) is 0 Å². The summed E-state index contributed by atoms with van der Waals surface area (Å²) in [6.45, 7) is 8.62. The van der Waals surface area contributed by atoms with Gasteiger partial charge in [0.25, 0.3) is 0 Å². The summed E-state index contributed by atoms with van der Waals surface area (Å²) in [4.78, 5) is 4.55. The quantitative estimate of drug-likeness (QED) is 0.760. The first-order valence-corrected chi connectivity index (χ1v) is 8.97. The molecule has 2 saturated heterocycles. The lowest BCUT2D eigenvalue weighted by molar-refractivity contribution is 0.0144. The van der Waals surface area contributed by atoms with Gasteiger partial charge >= 0.3 is 0 Å². The standard InChI is InChI=1S/C17H29N5O2/c1-14-4-5-17(20-19-14)22-6-2-3-15(12-22)18-11-16(23)13-21-7-9-24-10-8-21/h4-5,15-16,18,23H,2-3,6-13H2,1H3/t15-,16+/m1/s1. The van der Waals surface area contributed by atoms with Gasteiger partial charge in [-0.15, -0.1) is 5.10 Å². The van der Waals surface area contributed by atoms with Crippen molar-refractivity contribution in [1.82, 2.24) is 20.4 Å². The summed E-state index contributed by atoms with van der Waals surface area (Å²) in [5.74, 6) is 0.945. The summed E-state index contributed by atoms with van der Waals surface area (Å²) in [5.41, 5.74) is 0.941. The lowest BCUT2D eigenvalue weighted by atomic mass is 10.1.